The van der Waals surface area contributed by atoms with Crippen LogP contribution in [-0.2, 0) is 6.54 Å². The number of benzene rings is 2. The van der Waals surface area contributed by atoms with Gasteiger partial charge >= 0.3 is 0 Å². The van der Waals surface area contributed by atoms with Crippen LogP contribution in [0.5, 0.6) is 0 Å². The van der Waals surface area contributed by atoms with Gasteiger partial charge < -0.3 is 5.32 Å². The normalized spacial score (nSPS) is 10.4. The largest absolute Gasteiger partial charge is 0.381 e. The molecule has 1 heterocycles. The Labute approximate surface area is 125 Å². The second-order valence-corrected chi connectivity index (χ2v) is 5.29. The molecule has 20 heavy (non-hydrogen) atoms. The molecule has 1 aromatic heterocycles. The van der Waals surface area contributed by atoms with Crippen molar-refractivity contribution in [3.05, 3.63) is 71.2 Å². The van der Waals surface area contributed by atoms with Crippen LogP contribution in [0, 0.1) is 0 Å². The first-order valence-electron chi connectivity index (χ1n) is 6.25. The number of nitrogens with zero attached hydrogens (tertiary/aromatic N) is 3. The molecule has 0 fully saturated rings. The quantitative estimate of drug-likeness (QED) is 0.795. The first-order chi connectivity index (χ1) is 9.81. The van der Waals surface area contributed by atoms with Gasteiger partial charge in [0.2, 0.25) is 0 Å². The molecule has 0 amide bonds. The summed E-state index contributed by atoms with van der Waals surface area (Å²) in [7, 11) is 0. The topological polar surface area (TPSA) is 42.7 Å². The monoisotopic (exact) mass is 328 g/mol. The molecule has 100 valence electrons. The fraction of sp³-hybridized carbons (Fsp3) is 0.0667. The van der Waals surface area contributed by atoms with E-state index in [0.717, 1.165) is 22.4 Å². The minimum Gasteiger partial charge on any atom is -0.381 e. The van der Waals surface area contributed by atoms with E-state index in [4.69, 9.17) is 0 Å². The van der Waals surface area contributed by atoms with E-state index in [9.17, 15) is 0 Å². The molecule has 5 heteroatoms. The molecule has 0 saturated heterocycles. The van der Waals surface area contributed by atoms with Crippen molar-refractivity contribution in [2.45, 2.75) is 6.54 Å². The van der Waals surface area contributed by atoms with Crippen molar-refractivity contribution in [1.82, 2.24) is 14.8 Å². The van der Waals surface area contributed by atoms with Gasteiger partial charge in [-0.05, 0) is 42.0 Å². The zero-order valence-corrected chi connectivity index (χ0v) is 12.3. The molecule has 0 radical (unpaired) electrons. The standard InChI is InChI=1S/C15H13BrN4/c16-13-3-1-2-12(8-13)9-18-14-4-6-15(7-5-14)20-11-17-10-19-20/h1-8,10-11,18H,9H2. The van der Waals surface area contributed by atoms with Crippen molar-refractivity contribution in [1.29, 1.82) is 0 Å². The number of anilines is 1. The number of hydrogen-bond donors (Lipinski definition) is 1. The van der Waals surface area contributed by atoms with Crippen LogP contribution in [0.3, 0.4) is 0 Å². The van der Waals surface area contributed by atoms with E-state index >= 15 is 0 Å². The Kier molecular flexibility index (Phi) is 3.78. The summed E-state index contributed by atoms with van der Waals surface area (Å²) < 4.78 is 2.83. The van der Waals surface area contributed by atoms with E-state index in [2.05, 4.69) is 43.5 Å². The van der Waals surface area contributed by atoms with Crippen molar-refractivity contribution in [3.8, 4) is 5.69 Å². The van der Waals surface area contributed by atoms with Crippen molar-refractivity contribution < 1.29 is 0 Å². The Balaban J connectivity index is 1.67. The second kappa shape index (κ2) is 5.88. The third-order valence-corrected chi connectivity index (χ3v) is 3.43. The van der Waals surface area contributed by atoms with Gasteiger partial charge in [-0.25, -0.2) is 9.67 Å². The fourth-order valence-corrected chi connectivity index (χ4v) is 2.37. The summed E-state index contributed by atoms with van der Waals surface area (Å²) in [6, 6.07) is 16.4. The smallest absolute Gasteiger partial charge is 0.138 e. The lowest BCUT2D eigenvalue weighted by Gasteiger charge is -2.08. The predicted octanol–water partition coefficient (Wildman–Crippen LogP) is 3.64. The van der Waals surface area contributed by atoms with Crippen LogP contribution in [0.15, 0.2) is 65.7 Å². The predicted molar refractivity (Wildman–Crippen MR) is 82.8 cm³/mol. The van der Waals surface area contributed by atoms with E-state index in [1.54, 1.807) is 11.0 Å². The maximum Gasteiger partial charge on any atom is 0.138 e. The lowest BCUT2D eigenvalue weighted by atomic mass is 10.2. The zero-order valence-electron chi connectivity index (χ0n) is 10.7. The van der Waals surface area contributed by atoms with Crippen molar-refractivity contribution in [2.24, 2.45) is 0 Å². The molecule has 0 saturated carbocycles. The Hall–Kier alpha value is -2.14. The fourth-order valence-electron chi connectivity index (χ4n) is 1.92. The van der Waals surface area contributed by atoms with Crippen molar-refractivity contribution in [3.63, 3.8) is 0 Å². The van der Waals surface area contributed by atoms with Gasteiger partial charge in [0.1, 0.15) is 12.7 Å². The van der Waals surface area contributed by atoms with Crippen LogP contribution in [0.25, 0.3) is 5.69 Å². The van der Waals surface area contributed by atoms with Crippen molar-refractivity contribution >= 4 is 21.6 Å². The highest BCUT2D eigenvalue weighted by Crippen LogP contribution is 2.15. The van der Waals surface area contributed by atoms with Gasteiger partial charge in [-0.2, -0.15) is 5.10 Å². The molecule has 0 bridgehead atoms. The third kappa shape index (κ3) is 3.05. The van der Waals surface area contributed by atoms with Crippen LogP contribution in [0.2, 0.25) is 0 Å². The van der Waals surface area contributed by atoms with E-state index in [-0.39, 0.29) is 0 Å². The Morgan fingerprint density at radius 2 is 1.95 bits per heavy atom. The first kappa shape index (κ1) is 12.9. The molecular formula is C15H13BrN4. The summed E-state index contributed by atoms with van der Waals surface area (Å²) in [6.07, 6.45) is 3.21. The highest BCUT2D eigenvalue weighted by Gasteiger charge is 1.98. The maximum absolute atomic E-state index is 4.10. The maximum atomic E-state index is 4.10. The molecule has 0 aliphatic carbocycles. The number of aromatic nitrogens is 3. The summed E-state index contributed by atoms with van der Waals surface area (Å²) in [5.41, 5.74) is 3.31. The Morgan fingerprint density at radius 1 is 1.10 bits per heavy atom. The van der Waals surface area contributed by atoms with Gasteiger partial charge in [-0.3, -0.25) is 0 Å². The lowest BCUT2D eigenvalue weighted by molar-refractivity contribution is 0.879. The molecule has 0 aliphatic rings. The van der Waals surface area contributed by atoms with Gasteiger partial charge in [-0.15, -0.1) is 0 Å². The average molecular weight is 329 g/mol. The molecule has 2 aromatic carbocycles. The minimum absolute atomic E-state index is 0.794. The third-order valence-electron chi connectivity index (χ3n) is 2.94. The molecule has 0 atom stereocenters. The number of halogens is 1. The first-order valence-corrected chi connectivity index (χ1v) is 7.04. The molecular weight excluding hydrogens is 316 g/mol. The lowest BCUT2D eigenvalue weighted by Crippen LogP contribution is -2.00. The summed E-state index contributed by atoms with van der Waals surface area (Å²) in [5, 5.41) is 7.49. The molecule has 0 spiro atoms. The van der Waals surface area contributed by atoms with Crippen LogP contribution >= 0.6 is 15.9 Å². The molecule has 3 aromatic rings. The van der Waals surface area contributed by atoms with Gasteiger partial charge in [0.05, 0.1) is 5.69 Å². The van der Waals surface area contributed by atoms with E-state index < -0.39 is 0 Å². The summed E-state index contributed by atoms with van der Waals surface area (Å²) in [4.78, 5) is 3.94. The summed E-state index contributed by atoms with van der Waals surface area (Å²) in [6.45, 7) is 0.794. The van der Waals surface area contributed by atoms with Crippen LogP contribution in [0.4, 0.5) is 5.69 Å². The van der Waals surface area contributed by atoms with E-state index in [0.29, 0.717) is 0 Å². The van der Waals surface area contributed by atoms with Gasteiger partial charge in [0, 0.05) is 16.7 Å². The number of nitrogens with one attached hydrogen (secondary N) is 1. The number of rotatable bonds is 4. The molecule has 0 unspecified atom stereocenters. The van der Waals surface area contributed by atoms with Crippen LogP contribution in [-0.4, -0.2) is 14.8 Å². The molecule has 0 aliphatic heterocycles. The average Bonchev–Trinajstić information content (AvgIpc) is 3.00. The number of hydrogen-bond acceptors (Lipinski definition) is 3. The van der Waals surface area contributed by atoms with Gasteiger partial charge in [-0.1, -0.05) is 28.1 Å². The summed E-state index contributed by atoms with van der Waals surface area (Å²) in [5.74, 6) is 0. The van der Waals surface area contributed by atoms with E-state index in [1.807, 2.05) is 36.4 Å². The SMILES string of the molecule is Brc1cccc(CNc2ccc(-n3cncn3)cc2)c1. The molecule has 4 nitrogen and oxygen atoms in total. The van der Waals surface area contributed by atoms with Gasteiger partial charge in [0.15, 0.2) is 0 Å². The second-order valence-electron chi connectivity index (χ2n) is 4.37. The van der Waals surface area contributed by atoms with Gasteiger partial charge in [0.25, 0.3) is 0 Å². The van der Waals surface area contributed by atoms with E-state index in [1.165, 1.54) is 11.9 Å². The zero-order chi connectivity index (χ0) is 13.8. The molecule has 3 rings (SSSR count). The molecule has 1 N–H and O–H groups in total. The summed E-state index contributed by atoms with van der Waals surface area (Å²) >= 11 is 3.48. The van der Waals surface area contributed by atoms with Crippen molar-refractivity contribution in [2.75, 3.05) is 5.32 Å². The van der Waals surface area contributed by atoms with Crippen LogP contribution < -0.4 is 5.32 Å². The van der Waals surface area contributed by atoms with Crippen LogP contribution in [0.1, 0.15) is 5.56 Å². The Bertz CT molecular complexity index is 677. The highest BCUT2D eigenvalue weighted by atomic mass is 79.9. The minimum atomic E-state index is 0.794. The highest BCUT2D eigenvalue weighted by molar-refractivity contribution is 9.10. The Morgan fingerprint density at radius 3 is 2.65 bits per heavy atom.